The minimum absolute atomic E-state index is 0.199. The number of carbonyl (C=O) groups excluding carboxylic acids is 1. The third-order valence-electron chi connectivity index (χ3n) is 7.07. The number of hydrogen-bond acceptors (Lipinski definition) is 6. The fourth-order valence-corrected chi connectivity index (χ4v) is 4.64. The van der Waals surface area contributed by atoms with Crippen LogP contribution >= 0.6 is 0 Å². The predicted molar refractivity (Wildman–Crippen MR) is 152 cm³/mol. The van der Waals surface area contributed by atoms with Gasteiger partial charge in [0.1, 0.15) is 11.5 Å². The molecule has 2 N–H and O–H groups in total. The summed E-state index contributed by atoms with van der Waals surface area (Å²) in [4.78, 5) is 39.8. The van der Waals surface area contributed by atoms with Crippen molar-refractivity contribution in [2.24, 2.45) is 0 Å². The number of benzene rings is 1. The molecule has 0 radical (unpaired) electrons. The van der Waals surface area contributed by atoms with E-state index in [1.807, 2.05) is 49.5 Å². The summed E-state index contributed by atoms with van der Waals surface area (Å²) < 4.78 is 0. The number of anilines is 3. The van der Waals surface area contributed by atoms with Crippen molar-refractivity contribution in [3.05, 3.63) is 70.6 Å². The van der Waals surface area contributed by atoms with Gasteiger partial charge in [0.05, 0.1) is 5.69 Å². The van der Waals surface area contributed by atoms with E-state index < -0.39 is 0 Å². The van der Waals surface area contributed by atoms with Gasteiger partial charge in [0.25, 0.3) is 11.5 Å². The Morgan fingerprint density at radius 2 is 1.76 bits per heavy atom. The van der Waals surface area contributed by atoms with Gasteiger partial charge in [0, 0.05) is 56.2 Å². The third-order valence-corrected chi connectivity index (χ3v) is 7.07. The van der Waals surface area contributed by atoms with Crippen molar-refractivity contribution in [2.75, 3.05) is 61.4 Å². The Kier molecular flexibility index (Phi) is 8.95. The number of hydrogen-bond donors (Lipinski definition) is 2. The van der Waals surface area contributed by atoms with Gasteiger partial charge < -0.3 is 25.0 Å². The second kappa shape index (κ2) is 12.5. The zero-order valence-electron chi connectivity index (χ0n) is 22.2. The minimum atomic E-state index is -0.352. The van der Waals surface area contributed by atoms with E-state index in [4.69, 9.17) is 4.98 Å². The van der Waals surface area contributed by atoms with Crippen LogP contribution in [0.15, 0.2) is 59.5 Å². The lowest BCUT2D eigenvalue weighted by Crippen LogP contribution is -2.33. The highest BCUT2D eigenvalue weighted by atomic mass is 16.2. The van der Waals surface area contributed by atoms with Gasteiger partial charge >= 0.3 is 0 Å². The van der Waals surface area contributed by atoms with E-state index in [9.17, 15) is 9.59 Å². The Hall–Kier alpha value is -3.65. The summed E-state index contributed by atoms with van der Waals surface area (Å²) in [6.07, 6.45) is 5.31. The van der Waals surface area contributed by atoms with E-state index in [2.05, 4.69) is 38.8 Å². The Balaban J connectivity index is 1.46. The van der Waals surface area contributed by atoms with Gasteiger partial charge in [-0.3, -0.25) is 9.59 Å². The summed E-state index contributed by atoms with van der Waals surface area (Å²) in [5.41, 5.74) is 2.95. The molecule has 2 aromatic heterocycles. The molecule has 3 aromatic rings. The molecule has 1 amide bonds. The zero-order valence-corrected chi connectivity index (χ0v) is 22.2. The van der Waals surface area contributed by atoms with Gasteiger partial charge in [-0.2, -0.15) is 0 Å². The molecule has 1 aliphatic heterocycles. The van der Waals surface area contributed by atoms with Gasteiger partial charge in [-0.15, -0.1) is 0 Å². The van der Waals surface area contributed by atoms with Crippen LogP contribution in [-0.2, 0) is 0 Å². The standard InChI is InChI=1S/C29H38N6O2/c1-4-34(5-2)19-18-33(3)27-11-9-10-25(31-27)23-20-26(29(37)30-21-23)32-28(36)22-12-14-24(15-13-22)35-16-7-6-8-17-35/h9-15,20-21H,4-8,16-19H2,1-3H3,(H,30,37)(H,32,36). The average molecular weight is 503 g/mol. The van der Waals surface area contributed by atoms with Crippen LogP contribution in [0.5, 0.6) is 0 Å². The van der Waals surface area contributed by atoms with Gasteiger partial charge in [-0.05, 0) is 74.8 Å². The highest BCUT2D eigenvalue weighted by Crippen LogP contribution is 2.23. The van der Waals surface area contributed by atoms with Crippen LogP contribution < -0.4 is 20.7 Å². The normalized spacial score (nSPS) is 13.6. The molecule has 0 bridgehead atoms. The Bertz CT molecular complexity index is 1230. The van der Waals surface area contributed by atoms with Crippen LogP contribution in [-0.4, -0.2) is 67.1 Å². The summed E-state index contributed by atoms with van der Waals surface area (Å²) in [6.45, 7) is 10.3. The molecule has 1 fully saturated rings. The van der Waals surface area contributed by atoms with E-state index in [0.29, 0.717) is 5.56 Å². The number of amides is 1. The van der Waals surface area contributed by atoms with Crippen molar-refractivity contribution >= 4 is 23.1 Å². The van der Waals surface area contributed by atoms with Crippen molar-refractivity contribution in [1.82, 2.24) is 14.9 Å². The van der Waals surface area contributed by atoms with Gasteiger partial charge in [0.15, 0.2) is 0 Å². The molecule has 4 rings (SSSR count). The molecule has 1 saturated heterocycles. The molecule has 37 heavy (non-hydrogen) atoms. The van der Waals surface area contributed by atoms with E-state index in [-0.39, 0.29) is 17.2 Å². The number of piperidine rings is 1. The molecule has 0 spiro atoms. The highest BCUT2D eigenvalue weighted by Gasteiger charge is 2.14. The average Bonchev–Trinajstić information content (AvgIpc) is 2.95. The molecule has 3 heterocycles. The molecule has 1 aliphatic rings. The lowest BCUT2D eigenvalue weighted by molar-refractivity contribution is 0.102. The second-order valence-corrected chi connectivity index (χ2v) is 9.51. The molecule has 196 valence electrons. The maximum absolute atomic E-state index is 12.9. The van der Waals surface area contributed by atoms with Crippen LogP contribution in [0.1, 0.15) is 43.5 Å². The third kappa shape index (κ3) is 6.77. The zero-order chi connectivity index (χ0) is 26.2. The number of aromatic amines is 1. The van der Waals surface area contributed by atoms with Crippen molar-refractivity contribution in [1.29, 1.82) is 0 Å². The molecule has 0 unspecified atom stereocenters. The second-order valence-electron chi connectivity index (χ2n) is 9.51. The lowest BCUT2D eigenvalue weighted by atomic mass is 10.1. The van der Waals surface area contributed by atoms with Gasteiger partial charge in [0.2, 0.25) is 0 Å². The van der Waals surface area contributed by atoms with Crippen molar-refractivity contribution in [3.63, 3.8) is 0 Å². The van der Waals surface area contributed by atoms with E-state index in [1.165, 1.54) is 19.3 Å². The largest absolute Gasteiger partial charge is 0.372 e. The number of rotatable bonds is 10. The van der Waals surface area contributed by atoms with Crippen LogP contribution in [0.3, 0.4) is 0 Å². The molecule has 8 heteroatoms. The summed E-state index contributed by atoms with van der Waals surface area (Å²) in [6, 6.07) is 15.1. The van der Waals surface area contributed by atoms with Crippen molar-refractivity contribution in [3.8, 4) is 11.3 Å². The first-order valence-electron chi connectivity index (χ1n) is 13.3. The topological polar surface area (TPSA) is 84.6 Å². The summed E-state index contributed by atoms with van der Waals surface area (Å²) in [5.74, 6) is 0.543. The van der Waals surface area contributed by atoms with E-state index >= 15 is 0 Å². The first kappa shape index (κ1) is 26.4. The summed E-state index contributed by atoms with van der Waals surface area (Å²) >= 11 is 0. The number of likely N-dealkylation sites (N-methyl/N-ethyl adjacent to an activating group) is 2. The monoisotopic (exact) mass is 502 g/mol. The number of pyridine rings is 2. The Morgan fingerprint density at radius 1 is 1.03 bits per heavy atom. The van der Waals surface area contributed by atoms with Crippen molar-refractivity contribution < 1.29 is 4.79 Å². The van der Waals surface area contributed by atoms with Crippen molar-refractivity contribution in [2.45, 2.75) is 33.1 Å². The smallest absolute Gasteiger partial charge is 0.271 e. The maximum atomic E-state index is 12.9. The summed E-state index contributed by atoms with van der Waals surface area (Å²) in [7, 11) is 2.03. The number of aromatic nitrogens is 2. The SMILES string of the molecule is CCN(CC)CCN(C)c1cccc(-c2c[nH]c(=O)c(NC(=O)c3ccc(N4CCCCC4)cc3)c2)n1. The van der Waals surface area contributed by atoms with Gasteiger partial charge in [-0.25, -0.2) is 4.98 Å². The molecular weight excluding hydrogens is 464 g/mol. The Labute approximate surface area is 219 Å². The molecule has 0 aliphatic carbocycles. The fourth-order valence-electron chi connectivity index (χ4n) is 4.64. The Morgan fingerprint density at radius 3 is 2.46 bits per heavy atom. The molecule has 0 atom stereocenters. The van der Waals surface area contributed by atoms with Crippen LogP contribution in [0.4, 0.5) is 17.2 Å². The van der Waals surface area contributed by atoms with E-state index in [0.717, 1.165) is 62.0 Å². The van der Waals surface area contributed by atoms with E-state index in [1.54, 1.807) is 12.3 Å². The molecule has 0 saturated carbocycles. The van der Waals surface area contributed by atoms with Crippen LogP contribution in [0.2, 0.25) is 0 Å². The number of H-pyrrole nitrogens is 1. The first-order valence-corrected chi connectivity index (χ1v) is 13.3. The van der Waals surface area contributed by atoms with Crippen LogP contribution in [0, 0.1) is 0 Å². The number of nitrogens with zero attached hydrogens (tertiary/aromatic N) is 4. The molecule has 8 nitrogen and oxygen atoms in total. The van der Waals surface area contributed by atoms with Gasteiger partial charge in [-0.1, -0.05) is 19.9 Å². The minimum Gasteiger partial charge on any atom is -0.372 e. The molecule has 1 aromatic carbocycles. The number of carbonyl (C=O) groups is 1. The summed E-state index contributed by atoms with van der Waals surface area (Å²) in [5, 5.41) is 2.78. The molecular formula is C29H38N6O2. The quantitative estimate of drug-likeness (QED) is 0.426. The maximum Gasteiger partial charge on any atom is 0.271 e. The lowest BCUT2D eigenvalue weighted by Gasteiger charge is -2.28. The highest BCUT2D eigenvalue weighted by molar-refractivity contribution is 6.04. The number of nitrogens with one attached hydrogen (secondary N) is 2. The van der Waals surface area contributed by atoms with Crippen LogP contribution in [0.25, 0.3) is 11.3 Å². The fraction of sp³-hybridized carbons (Fsp3) is 0.414. The predicted octanol–water partition coefficient (Wildman–Crippen LogP) is 4.46. The first-order chi connectivity index (χ1) is 18.0.